The third-order valence-electron chi connectivity index (χ3n) is 4.12. The van der Waals surface area contributed by atoms with Gasteiger partial charge in [0.15, 0.2) is 5.11 Å². The maximum absolute atomic E-state index is 12.5. The number of hydrogen-bond donors (Lipinski definition) is 1. The van der Waals surface area contributed by atoms with Crippen LogP contribution in [-0.2, 0) is 11.2 Å². The summed E-state index contributed by atoms with van der Waals surface area (Å²) >= 11 is 5.44. The number of nitrogens with one attached hydrogen (secondary N) is 1. The Morgan fingerprint density at radius 2 is 1.88 bits per heavy atom. The van der Waals surface area contributed by atoms with Gasteiger partial charge in [-0.2, -0.15) is 0 Å². The number of benzene rings is 2. The van der Waals surface area contributed by atoms with Crippen molar-refractivity contribution in [1.29, 1.82) is 0 Å². The number of methoxy groups -OCH3 is 1. The first-order chi connectivity index (χ1) is 12.1. The second-order valence-electron chi connectivity index (χ2n) is 5.72. The summed E-state index contributed by atoms with van der Waals surface area (Å²) in [6.07, 6.45) is 1.98. The third kappa shape index (κ3) is 3.69. The number of nitrogens with zero attached hydrogens (tertiary/aromatic N) is 1. The van der Waals surface area contributed by atoms with Gasteiger partial charge >= 0.3 is 5.97 Å². The number of amides is 1. The molecular formula is C19H18N2O3S. The number of hydrogen-bond acceptors (Lipinski definition) is 4. The summed E-state index contributed by atoms with van der Waals surface area (Å²) < 4.78 is 4.68. The van der Waals surface area contributed by atoms with Crippen molar-refractivity contribution in [1.82, 2.24) is 5.32 Å². The molecule has 2 aromatic rings. The Morgan fingerprint density at radius 1 is 1.12 bits per heavy atom. The molecule has 0 bridgehead atoms. The quantitative estimate of drug-likeness (QED) is 0.664. The van der Waals surface area contributed by atoms with Crippen molar-refractivity contribution in [2.75, 3.05) is 18.6 Å². The Balaban J connectivity index is 1.76. The molecule has 1 amide bonds. The number of carbonyl (C=O) groups excluding carboxylic acids is 2. The van der Waals surface area contributed by atoms with Gasteiger partial charge in [0.1, 0.15) is 0 Å². The van der Waals surface area contributed by atoms with E-state index >= 15 is 0 Å². The van der Waals surface area contributed by atoms with Gasteiger partial charge in [0.05, 0.1) is 12.7 Å². The van der Waals surface area contributed by atoms with Crippen molar-refractivity contribution >= 4 is 34.9 Å². The molecule has 0 fully saturated rings. The molecule has 5 nitrogen and oxygen atoms in total. The van der Waals surface area contributed by atoms with Gasteiger partial charge in [-0.1, -0.05) is 24.3 Å². The molecule has 0 saturated heterocycles. The predicted molar refractivity (Wildman–Crippen MR) is 100.0 cm³/mol. The minimum atomic E-state index is -0.484. The molecular weight excluding hydrogens is 336 g/mol. The van der Waals surface area contributed by atoms with Crippen molar-refractivity contribution in [2.45, 2.75) is 12.8 Å². The van der Waals surface area contributed by atoms with Gasteiger partial charge in [-0.3, -0.25) is 10.1 Å². The lowest BCUT2D eigenvalue weighted by atomic mass is 10.0. The molecule has 6 heteroatoms. The highest BCUT2D eigenvalue weighted by atomic mass is 32.1. The SMILES string of the molecule is COC(=O)c1cccc(C(=O)NC(=S)N2CCCc3ccccc32)c1. The first-order valence-electron chi connectivity index (χ1n) is 7.99. The van der Waals surface area contributed by atoms with E-state index in [9.17, 15) is 9.59 Å². The van der Waals surface area contributed by atoms with Crippen molar-refractivity contribution in [3.63, 3.8) is 0 Å². The standard InChI is InChI=1S/C19H18N2O3S/c1-24-18(23)15-8-4-7-14(12-15)17(22)20-19(25)21-11-5-9-13-6-2-3-10-16(13)21/h2-4,6-8,10,12H,5,9,11H2,1H3,(H,20,22,25). The Labute approximate surface area is 151 Å². The fourth-order valence-corrected chi connectivity index (χ4v) is 3.17. The fraction of sp³-hybridized carbons (Fsp3) is 0.211. The molecule has 1 heterocycles. The Morgan fingerprint density at radius 3 is 2.68 bits per heavy atom. The number of rotatable bonds is 2. The van der Waals surface area contributed by atoms with E-state index in [1.165, 1.54) is 18.7 Å². The monoisotopic (exact) mass is 354 g/mol. The van der Waals surface area contributed by atoms with Crippen LogP contribution < -0.4 is 10.2 Å². The summed E-state index contributed by atoms with van der Waals surface area (Å²) in [7, 11) is 1.30. The van der Waals surface area contributed by atoms with E-state index in [1.807, 2.05) is 23.1 Å². The molecule has 2 aromatic carbocycles. The molecule has 3 rings (SSSR count). The van der Waals surface area contributed by atoms with Gasteiger partial charge in [0, 0.05) is 17.8 Å². The van der Waals surface area contributed by atoms with Gasteiger partial charge in [0.25, 0.3) is 5.91 Å². The number of para-hydroxylation sites is 1. The molecule has 0 saturated carbocycles. The fourth-order valence-electron chi connectivity index (χ4n) is 2.89. The van der Waals surface area contributed by atoms with Gasteiger partial charge in [-0.25, -0.2) is 4.79 Å². The highest BCUT2D eigenvalue weighted by Gasteiger charge is 2.21. The zero-order chi connectivity index (χ0) is 17.8. The van der Waals surface area contributed by atoms with E-state index in [0.29, 0.717) is 16.2 Å². The molecule has 0 radical (unpaired) electrons. The van der Waals surface area contributed by atoms with Crippen LogP contribution in [0.25, 0.3) is 0 Å². The smallest absolute Gasteiger partial charge is 0.337 e. The Kier molecular flexibility index (Phi) is 5.09. The van der Waals surface area contributed by atoms with Crippen LogP contribution in [0.5, 0.6) is 0 Å². The lowest BCUT2D eigenvalue weighted by molar-refractivity contribution is 0.0600. The number of aryl methyl sites for hydroxylation is 1. The Bertz CT molecular complexity index is 835. The van der Waals surface area contributed by atoms with Gasteiger partial charge in [-0.05, 0) is 54.9 Å². The molecule has 128 valence electrons. The van der Waals surface area contributed by atoms with Crippen LogP contribution in [0.1, 0.15) is 32.7 Å². The van der Waals surface area contributed by atoms with Crippen LogP contribution in [0.4, 0.5) is 5.69 Å². The van der Waals surface area contributed by atoms with Gasteiger partial charge < -0.3 is 9.64 Å². The molecule has 0 aliphatic carbocycles. The van der Waals surface area contributed by atoms with Crippen LogP contribution in [0, 0.1) is 0 Å². The largest absolute Gasteiger partial charge is 0.465 e. The summed E-state index contributed by atoms with van der Waals surface area (Å²) in [5, 5.41) is 3.12. The summed E-state index contributed by atoms with van der Waals surface area (Å²) in [4.78, 5) is 26.0. The number of fused-ring (bicyclic) bond motifs is 1. The average molecular weight is 354 g/mol. The van der Waals surface area contributed by atoms with Gasteiger partial charge in [0.2, 0.25) is 0 Å². The molecule has 1 aliphatic heterocycles. The highest BCUT2D eigenvalue weighted by molar-refractivity contribution is 7.80. The third-order valence-corrected chi connectivity index (χ3v) is 4.44. The maximum Gasteiger partial charge on any atom is 0.337 e. The molecule has 1 aliphatic rings. The summed E-state index contributed by atoms with van der Waals surface area (Å²) in [6, 6.07) is 14.4. The number of ether oxygens (including phenoxy) is 1. The number of carbonyl (C=O) groups is 2. The van der Waals surface area contributed by atoms with E-state index in [1.54, 1.807) is 18.2 Å². The zero-order valence-corrected chi connectivity index (χ0v) is 14.6. The van der Waals surface area contributed by atoms with Crippen LogP contribution in [-0.4, -0.2) is 30.6 Å². The van der Waals surface area contributed by atoms with Crippen LogP contribution in [0.2, 0.25) is 0 Å². The topological polar surface area (TPSA) is 58.6 Å². The highest BCUT2D eigenvalue weighted by Crippen LogP contribution is 2.26. The number of anilines is 1. The molecule has 0 atom stereocenters. The minimum Gasteiger partial charge on any atom is -0.465 e. The van der Waals surface area contributed by atoms with Crippen LogP contribution in [0.3, 0.4) is 0 Å². The molecule has 1 N–H and O–H groups in total. The molecule has 25 heavy (non-hydrogen) atoms. The Hall–Kier alpha value is -2.73. The van der Waals surface area contributed by atoms with Crippen LogP contribution in [0.15, 0.2) is 48.5 Å². The lowest BCUT2D eigenvalue weighted by Crippen LogP contribution is -2.45. The summed E-state index contributed by atoms with van der Waals surface area (Å²) in [5.74, 6) is -0.832. The second-order valence-corrected chi connectivity index (χ2v) is 6.10. The van der Waals surface area contributed by atoms with Gasteiger partial charge in [-0.15, -0.1) is 0 Å². The zero-order valence-electron chi connectivity index (χ0n) is 13.8. The van der Waals surface area contributed by atoms with E-state index in [2.05, 4.69) is 16.1 Å². The minimum absolute atomic E-state index is 0.324. The molecule has 0 aromatic heterocycles. The summed E-state index contributed by atoms with van der Waals surface area (Å²) in [5.41, 5.74) is 2.93. The maximum atomic E-state index is 12.5. The van der Waals surface area contributed by atoms with Crippen molar-refractivity contribution in [3.8, 4) is 0 Å². The first kappa shape index (κ1) is 17.1. The van der Waals surface area contributed by atoms with Crippen molar-refractivity contribution < 1.29 is 14.3 Å². The van der Waals surface area contributed by atoms with Crippen LogP contribution >= 0.6 is 12.2 Å². The lowest BCUT2D eigenvalue weighted by Gasteiger charge is -2.31. The number of esters is 1. The molecule has 0 spiro atoms. The predicted octanol–water partition coefficient (Wildman–Crippen LogP) is 2.94. The normalized spacial score (nSPS) is 12.9. The molecule has 0 unspecified atom stereocenters. The average Bonchev–Trinajstić information content (AvgIpc) is 2.66. The van der Waals surface area contributed by atoms with Crippen molar-refractivity contribution in [3.05, 3.63) is 65.2 Å². The van der Waals surface area contributed by atoms with E-state index < -0.39 is 5.97 Å². The number of thiocarbonyl (C=S) groups is 1. The second kappa shape index (κ2) is 7.44. The van der Waals surface area contributed by atoms with E-state index in [4.69, 9.17) is 12.2 Å². The van der Waals surface area contributed by atoms with E-state index in [0.717, 1.165) is 25.1 Å². The van der Waals surface area contributed by atoms with E-state index in [-0.39, 0.29) is 5.91 Å². The first-order valence-corrected chi connectivity index (χ1v) is 8.40. The van der Waals surface area contributed by atoms with Crippen molar-refractivity contribution in [2.24, 2.45) is 0 Å². The summed E-state index contributed by atoms with van der Waals surface area (Å²) in [6.45, 7) is 0.762.